The fourth-order valence-electron chi connectivity index (χ4n) is 3.33. The van der Waals surface area contributed by atoms with Crippen molar-refractivity contribution in [3.05, 3.63) is 35.4 Å². The van der Waals surface area contributed by atoms with Crippen LogP contribution in [0.1, 0.15) is 43.2 Å². The van der Waals surface area contributed by atoms with E-state index in [1.165, 1.54) is 19.2 Å². The van der Waals surface area contributed by atoms with Gasteiger partial charge < -0.3 is 15.4 Å². The number of alkyl halides is 3. The van der Waals surface area contributed by atoms with E-state index in [2.05, 4.69) is 0 Å². The minimum atomic E-state index is -4.44. The lowest BCUT2D eigenvalue weighted by atomic mass is 10.0. The zero-order valence-electron chi connectivity index (χ0n) is 14.8. The maximum absolute atomic E-state index is 13.3. The average Bonchev–Trinajstić information content (AvgIpc) is 3.11. The first kappa shape index (κ1) is 22.7. The summed E-state index contributed by atoms with van der Waals surface area (Å²) in [4.78, 5) is 14.3. The van der Waals surface area contributed by atoms with E-state index >= 15 is 0 Å². The van der Waals surface area contributed by atoms with E-state index in [0.29, 0.717) is 0 Å². The summed E-state index contributed by atoms with van der Waals surface area (Å²) in [5, 5.41) is 0. The highest BCUT2D eigenvalue weighted by Gasteiger charge is 2.35. The smallest absolute Gasteiger partial charge is 0.380 e. The van der Waals surface area contributed by atoms with Crippen molar-refractivity contribution >= 4 is 18.3 Å². The molecule has 2 N–H and O–H groups in total. The Labute approximate surface area is 158 Å². The molecule has 26 heavy (non-hydrogen) atoms. The van der Waals surface area contributed by atoms with Crippen molar-refractivity contribution in [2.45, 2.75) is 57.0 Å². The van der Waals surface area contributed by atoms with Crippen LogP contribution in [0.5, 0.6) is 0 Å². The van der Waals surface area contributed by atoms with Crippen LogP contribution in [0.4, 0.5) is 13.2 Å². The molecular weight excluding hydrogens is 369 g/mol. The van der Waals surface area contributed by atoms with E-state index in [-0.39, 0.29) is 49.4 Å². The van der Waals surface area contributed by atoms with Crippen LogP contribution >= 0.6 is 12.4 Å². The van der Waals surface area contributed by atoms with Gasteiger partial charge in [0.1, 0.15) is 0 Å². The first-order valence-electron chi connectivity index (χ1n) is 8.54. The molecule has 0 bridgehead atoms. The molecule has 4 nitrogen and oxygen atoms in total. The van der Waals surface area contributed by atoms with Crippen LogP contribution in [-0.4, -0.2) is 36.6 Å². The van der Waals surface area contributed by atoms with E-state index in [1.807, 2.05) is 0 Å². The first-order valence-corrected chi connectivity index (χ1v) is 8.54. The summed E-state index contributed by atoms with van der Waals surface area (Å²) in [6.45, 7) is 0.153. The lowest BCUT2D eigenvalue weighted by Gasteiger charge is -2.31. The minimum absolute atomic E-state index is 0. The Morgan fingerprint density at radius 1 is 1.31 bits per heavy atom. The quantitative estimate of drug-likeness (QED) is 0.766. The molecule has 1 aliphatic rings. The number of nitrogens with zero attached hydrogens (tertiary/aromatic N) is 1. The van der Waals surface area contributed by atoms with E-state index in [9.17, 15) is 18.0 Å². The van der Waals surface area contributed by atoms with Crippen LogP contribution in [-0.2, 0) is 22.3 Å². The van der Waals surface area contributed by atoms with Gasteiger partial charge in [0.05, 0.1) is 18.1 Å². The number of halogens is 4. The topological polar surface area (TPSA) is 55.6 Å². The Hall–Kier alpha value is -1.31. The van der Waals surface area contributed by atoms with Crippen molar-refractivity contribution in [1.82, 2.24) is 4.90 Å². The zero-order valence-corrected chi connectivity index (χ0v) is 15.6. The third-order valence-corrected chi connectivity index (χ3v) is 4.75. The van der Waals surface area contributed by atoms with Crippen LogP contribution in [0.25, 0.3) is 0 Å². The molecule has 1 fully saturated rings. The van der Waals surface area contributed by atoms with Gasteiger partial charge in [-0.25, -0.2) is 0 Å². The highest BCUT2D eigenvalue weighted by molar-refractivity contribution is 5.85. The summed E-state index contributed by atoms with van der Waals surface area (Å²) < 4.78 is 44.9. The van der Waals surface area contributed by atoms with Gasteiger partial charge in [0.2, 0.25) is 5.91 Å². The van der Waals surface area contributed by atoms with Crippen LogP contribution in [0.2, 0.25) is 0 Å². The molecule has 1 unspecified atom stereocenters. The highest BCUT2D eigenvalue weighted by atomic mass is 35.5. The Morgan fingerprint density at radius 3 is 2.46 bits per heavy atom. The molecule has 0 heterocycles. The molecule has 1 aliphatic carbocycles. The first-order chi connectivity index (χ1) is 11.9. The van der Waals surface area contributed by atoms with Crippen LogP contribution in [0, 0.1) is 0 Å². The van der Waals surface area contributed by atoms with Gasteiger partial charge in [0.25, 0.3) is 0 Å². The molecule has 0 radical (unpaired) electrons. The molecule has 1 saturated carbocycles. The molecule has 1 aromatic carbocycles. The number of carbonyl (C=O) groups excluding carboxylic acids is 1. The highest BCUT2D eigenvalue weighted by Crippen LogP contribution is 2.34. The van der Waals surface area contributed by atoms with Crippen molar-refractivity contribution < 1.29 is 22.7 Å². The monoisotopic (exact) mass is 394 g/mol. The predicted molar refractivity (Wildman–Crippen MR) is 96.0 cm³/mol. The number of ether oxygens (including phenoxy) is 1. The number of hydrogen-bond donors (Lipinski definition) is 1. The lowest BCUT2D eigenvalue weighted by Crippen LogP contribution is -2.41. The average molecular weight is 395 g/mol. The molecule has 0 saturated heterocycles. The molecule has 0 spiro atoms. The number of carbonyl (C=O) groups is 1. The standard InChI is InChI=1S/C18H25F3N2O2.ClH/c1-25-15(11-22)10-17(24)23(14-7-3-4-8-14)12-13-6-2-5-9-16(13)18(19,20)21;/h2,5-6,9,14-15H,3-4,7-8,10-12,22H2,1H3;1H. The van der Waals surface area contributed by atoms with Gasteiger partial charge >= 0.3 is 6.18 Å². The Morgan fingerprint density at radius 2 is 1.92 bits per heavy atom. The van der Waals surface area contributed by atoms with Gasteiger partial charge in [-0.15, -0.1) is 12.4 Å². The molecule has 1 atom stereocenters. The summed E-state index contributed by atoms with van der Waals surface area (Å²) in [6, 6.07) is 5.41. The minimum Gasteiger partial charge on any atom is -0.380 e. The van der Waals surface area contributed by atoms with E-state index < -0.39 is 17.8 Å². The van der Waals surface area contributed by atoms with Crippen LogP contribution in [0.3, 0.4) is 0 Å². The molecule has 148 valence electrons. The van der Waals surface area contributed by atoms with Gasteiger partial charge in [-0.05, 0) is 24.5 Å². The number of methoxy groups -OCH3 is 1. The molecule has 0 aromatic heterocycles. The van der Waals surface area contributed by atoms with Gasteiger partial charge in [-0.3, -0.25) is 4.79 Å². The van der Waals surface area contributed by atoms with Gasteiger partial charge in [-0.1, -0.05) is 31.0 Å². The third kappa shape index (κ3) is 5.86. The number of rotatable bonds is 7. The number of nitrogens with two attached hydrogens (primary N) is 1. The normalized spacial score (nSPS) is 16.2. The molecule has 8 heteroatoms. The molecule has 1 amide bonds. The summed E-state index contributed by atoms with van der Waals surface area (Å²) in [5.74, 6) is -0.207. The summed E-state index contributed by atoms with van der Waals surface area (Å²) in [6.07, 6.45) is -1.17. The Kier molecular flexibility index (Phi) is 8.86. The van der Waals surface area contributed by atoms with E-state index in [0.717, 1.165) is 31.7 Å². The van der Waals surface area contributed by atoms with Crippen molar-refractivity contribution in [3.8, 4) is 0 Å². The largest absolute Gasteiger partial charge is 0.416 e. The third-order valence-electron chi connectivity index (χ3n) is 4.75. The second-order valence-electron chi connectivity index (χ2n) is 6.41. The van der Waals surface area contributed by atoms with Gasteiger partial charge in [0, 0.05) is 26.2 Å². The summed E-state index contributed by atoms with van der Waals surface area (Å²) >= 11 is 0. The SMILES string of the molecule is COC(CN)CC(=O)N(Cc1ccccc1C(F)(F)F)C1CCCC1.Cl. The van der Waals surface area contributed by atoms with E-state index in [4.69, 9.17) is 10.5 Å². The fourth-order valence-corrected chi connectivity index (χ4v) is 3.33. The number of amides is 1. The van der Waals surface area contributed by atoms with Gasteiger partial charge in [0.15, 0.2) is 0 Å². The van der Waals surface area contributed by atoms with Crippen molar-refractivity contribution in [2.75, 3.05) is 13.7 Å². The Bertz CT molecular complexity index is 574. The molecular formula is C18H26ClF3N2O2. The van der Waals surface area contributed by atoms with E-state index in [1.54, 1.807) is 11.0 Å². The lowest BCUT2D eigenvalue weighted by molar-refractivity contribution is -0.141. The van der Waals surface area contributed by atoms with Gasteiger partial charge in [-0.2, -0.15) is 13.2 Å². The second-order valence-corrected chi connectivity index (χ2v) is 6.41. The zero-order chi connectivity index (χ0) is 18.4. The maximum atomic E-state index is 13.3. The molecule has 2 rings (SSSR count). The van der Waals surface area contributed by atoms with Crippen molar-refractivity contribution in [3.63, 3.8) is 0 Å². The molecule has 1 aromatic rings. The van der Waals surface area contributed by atoms with Crippen molar-refractivity contribution in [2.24, 2.45) is 5.73 Å². The predicted octanol–water partition coefficient (Wildman–Crippen LogP) is 3.76. The Balaban J connectivity index is 0.00000338. The number of benzene rings is 1. The summed E-state index contributed by atoms with van der Waals surface area (Å²) in [7, 11) is 1.48. The summed E-state index contributed by atoms with van der Waals surface area (Å²) in [5.41, 5.74) is 5.01. The van der Waals surface area contributed by atoms with Crippen molar-refractivity contribution in [1.29, 1.82) is 0 Å². The fraction of sp³-hybridized carbons (Fsp3) is 0.611. The number of hydrogen-bond acceptors (Lipinski definition) is 3. The maximum Gasteiger partial charge on any atom is 0.416 e. The van der Waals surface area contributed by atoms with Crippen LogP contribution < -0.4 is 5.73 Å². The van der Waals surface area contributed by atoms with Crippen LogP contribution in [0.15, 0.2) is 24.3 Å². The second kappa shape index (κ2) is 10.1. The molecule has 0 aliphatic heterocycles.